The van der Waals surface area contributed by atoms with Gasteiger partial charge in [-0.15, -0.1) is 0 Å². The van der Waals surface area contributed by atoms with Gasteiger partial charge in [0, 0.05) is 12.8 Å². The van der Waals surface area contributed by atoms with E-state index in [9.17, 15) is 8.42 Å². The Hall–Kier alpha value is -0.870. The third-order valence-electron chi connectivity index (χ3n) is 3.27. The van der Waals surface area contributed by atoms with Crippen LogP contribution in [0.1, 0.15) is 31.7 Å². The Morgan fingerprint density at radius 1 is 1.16 bits per heavy atom. The van der Waals surface area contributed by atoms with Gasteiger partial charge in [0.2, 0.25) is 0 Å². The fourth-order valence-corrected chi connectivity index (χ4v) is 2.82. The van der Waals surface area contributed by atoms with Crippen LogP contribution in [0.15, 0.2) is 30.3 Å². The van der Waals surface area contributed by atoms with Crippen LogP contribution in [0, 0.1) is 5.92 Å². The molecular weight excluding hydrogens is 258 g/mol. The quantitative estimate of drug-likeness (QED) is 0.745. The third-order valence-corrected chi connectivity index (χ3v) is 4.30. The third kappa shape index (κ3) is 6.73. The molecule has 0 saturated carbocycles. The van der Waals surface area contributed by atoms with Crippen LogP contribution in [-0.2, 0) is 9.84 Å². The Morgan fingerprint density at radius 2 is 1.79 bits per heavy atom. The molecule has 0 spiro atoms. The minimum absolute atomic E-state index is 0.262. The maximum atomic E-state index is 11.0. The lowest BCUT2D eigenvalue weighted by Crippen LogP contribution is -2.26. The molecule has 0 amide bonds. The van der Waals surface area contributed by atoms with Crippen molar-refractivity contribution in [2.24, 2.45) is 5.92 Å². The summed E-state index contributed by atoms with van der Waals surface area (Å²) >= 11 is 0. The zero-order valence-corrected chi connectivity index (χ0v) is 12.9. The molecule has 3 nitrogen and oxygen atoms in total. The van der Waals surface area contributed by atoms with Gasteiger partial charge >= 0.3 is 0 Å². The standard InChI is InChI=1S/C15H25NO2S/c1-13(2)15(14-8-5-4-6-9-14)12-16-10-7-11-19(3,17)18/h4-6,8-9,13,15-16H,7,10-12H2,1-3H3. The van der Waals surface area contributed by atoms with Crippen molar-refractivity contribution in [3.05, 3.63) is 35.9 Å². The molecule has 4 heteroatoms. The van der Waals surface area contributed by atoms with Crippen molar-refractivity contribution in [1.29, 1.82) is 0 Å². The number of hydrogen-bond acceptors (Lipinski definition) is 3. The van der Waals surface area contributed by atoms with E-state index in [2.05, 4.69) is 43.4 Å². The number of benzene rings is 1. The van der Waals surface area contributed by atoms with Crippen molar-refractivity contribution in [3.8, 4) is 0 Å². The highest BCUT2D eigenvalue weighted by Crippen LogP contribution is 2.23. The maximum Gasteiger partial charge on any atom is 0.147 e. The Kier molecular flexibility index (Phi) is 6.52. The topological polar surface area (TPSA) is 46.2 Å². The molecule has 0 aliphatic carbocycles. The van der Waals surface area contributed by atoms with Crippen LogP contribution in [-0.4, -0.2) is 33.5 Å². The van der Waals surface area contributed by atoms with Gasteiger partial charge in [0.05, 0.1) is 5.75 Å². The fourth-order valence-electron chi connectivity index (χ4n) is 2.16. The Morgan fingerprint density at radius 3 is 2.32 bits per heavy atom. The summed E-state index contributed by atoms with van der Waals surface area (Å²) in [6.07, 6.45) is 1.96. The van der Waals surface area contributed by atoms with Gasteiger partial charge in [-0.1, -0.05) is 44.2 Å². The van der Waals surface area contributed by atoms with E-state index < -0.39 is 9.84 Å². The first-order valence-corrected chi connectivity index (χ1v) is 8.89. The summed E-state index contributed by atoms with van der Waals surface area (Å²) in [7, 11) is -2.83. The zero-order valence-electron chi connectivity index (χ0n) is 12.1. The van der Waals surface area contributed by atoms with Crippen LogP contribution in [0.3, 0.4) is 0 Å². The summed E-state index contributed by atoms with van der Waals surface area (Å²) in [5, 5.41) is 3.37. The number of sulfone groups is 1. The first kappa shape index (κ1) is 16.2. The molecule has 0 bridgehead atoms. The van der Waals surface area contributed by atoms with E-state index in [1.54, 1.807) is 0 Å². The summed E-state index contributed by atoms with van der Waals surface area (Å²) in [6.45, 7) is 6.08. The molecule has 1 N–H and O–H groups in total. The minimum Gasteiger partial charge on any atom is -0.316 e. The number of hydrogen-bond donors (Lipinski definition) is 1. The second kappa shape index (κ2) is 7.65. The van der Waals surface area contributed by atoms with Crippen molar-refractivity contribution < 1.29 is 8.42 Å². The highest BCUT2D eigenvalue weighted by molar-refractivity contribution is 7.90. The average molecular weight is 283 g/mol. The number of nitrogens with one attached hydrogen (secondary N) is 1. The molecule has 1 rings (SSSR count). The average Bonchev–Trinajstić information content (AvgIpc) is 2.33. The molecule has 1 aromatic carbocycles. The van der Waals surface area contributed by atoms with Gasteiger partial charge in [-0.2, -0.15) is 0 Å². The van der Waals surface area contributed by atoms with E-state index in [1.165, 1.54) is 11.8 Å². The van der Waals surface area contributed by atoms with Gasteiger partial charge in [0.15, 0.2) is 0 Å². The molecule has 0 saturated heterocycles. The fraction of sp³-hybridized carbons (Fsp3) is 0.600. The van der Waals surface area contributed by atoms with Crippen molar-refractivity contribution in [3.63, 3.8) is 0 Å². The van der Waals surface area contributed by atoms with Gasteiger partial charge in [0.1, 0.15) is 9.84 Å². The van der Waals surface area contributed by atoms with Gasteiger partial charge < -0.3 is 5.32 Å². The second-order valence-electron chi connectivity index (χ2n) is 5.45. The maximum absolute atomic E-state index is 11.0. The highest BCUT2D eigenvalue weighted by Gasteiger charge is 2.14. The van der Waals surface area contributed by atoms with Gasteiger partial charge in [-0.3, -0.25) is 0 Å². The lowest BCUT2D eigenvalue weighted by Gasteiger charge is -2.22. The van der Waals surface area contributed by atoms with Gasteiger partial charge in [0.25, 0.3) is 0 Å². The Balaban J connectivity index is 2.40. The molecular formula is C15H25NO2S. The summed E-state index contributed by atoms with van der Waals surface area (Å²) < 4.78 is 22.1. The summed E-state index contributed by atoms with van der Waals surface area (Å²) in [6, 6.07) is 10.5. The first-order chi connectivity index (χ1) is 8.90. The SMILES string of the molecule is CC(C)C(CNCCCS(C)(=O)=O)c1ccccc1. The van der Waals surface area contributed by atoms with Crippen LogP contribution in [0.25, 0.3) is 0 Å². The summed E-state index contributed by atoms with van der Waals surface area (Å²) in [4.78, 5) is 0. The van der Waals surface area contributed by atoms with Crippen molar-refractivity contribution >= 4 is 9.84 Å². The lowest BCUT2D eigenvalue weighted by molar-refractivity contribution is 0.462. The van der Waals surface area contributed by atoms with Gasteiger partial charge in [-0.25, -0.2) is 8.42 Å². The normalized spacial score (nSPS) is 13.7. The van der Waals surface area contributed by atoms with Crippen LogP contribution < -0.4 is 5.32 Å². The molecule has 1 unspecified atom stereocenters. The first-order valence-electron chi connectivity index (χ1n) is 6.83. The molecule has 0 fully saturated rings. The van der Waals surface area contributed by atoms with E-state index in [4.69, 9.17) is 0 Å². The molecule has 0 radical (unpaired) electrons. The van der Waals surface area contributed by atoms with Crippen LogP contribution >= 0.6 is 0 Å². The molecule has 1 aromatic rings. The van der Waals surface area contributed by atoms with E-state index in [1.807, 2.05) is 6.07 Å². The Bertz CT molecular complexity index is 454. The Labute approximate surface area is 117 Å². The molecule has 0 heterocycles. The number of rotatable bonds is 8. The lowest BCUT2D eigenvalue weighted by atomic mass is 9.88. The molecule has 0 aliphatic rings. The molecule has 0 aromatic heterocycles. The molecule has 1 atom stereocenters. The van der Waals surface area contributed by atoms with Crippen LogP contribution in [0.5, 0.6) is 0 Å². The largest absolute Gasteiger partial charge is 0.316 e. The van der Waals surface area contributed by atoms with Crippen LogP contribution in [0.4, 0.5) is 0 Å². The predicted octanol–water partition coefficient (Wildman–Crippen LogP) is 2.45. The minimum atomic E-state index is -2.83. The highest BCUT2D eigenvalue weighted by atomic mass is 32.2. The van der Waals surface area contributed by atoms with Crippen molar-refractivity contribution in [2.45, 2.75) is 26.2 Å². The monoisotopic (exact) mass is 283 g/mol. The summed E-state index contributed by atoms with van der Waals surface area (Å²) in [5.74, 6) is 1.29. The molecule has 108 valence electrons. The predicted molar refractivity (Wildman–Crippen MR) is 81.2 cm³/mol. The van der Waals surface area contributed by atoms with Crippen LogP contribution in [0.2, 0.25) is 0 Å². The summed E-state index contributed by atoms with van der Waals surface area (Å²) in [5.41, 5.74) is 1.34. The van der Waals surface area contributed by atoms with Crippen molar-refractivity contribution in [2.75, 3.05) is 25.1 Å². The zero-order chi connectivity index (χ0) is 14.3. The smallest absolute Gasteiger partial charge is 0.147 e. The molecule has 0 aliphatic heterocycles. The van der Waals surface area contributed by atoms with E-state index >= 15 is 0 Å². The molecule has 19 heavy (non-hydrogen) atoms. The van der Waals surface area contributed by atoms with E-state index in [-0.39, 0.29) is 5.75 Å². The van der Waals surface area contributed by atoms with Gasteiger partial charge in [-0.05, 0) is 30.4 Å². The van der Waals surface area contributed by atoms with E-state index in [0.717, 1.165) is 13.1 Å². The second-order valence-corrected chi connectivity index (χ2v) is 7.71. The van der Waals surface area contributed by atoms with Crippen molar-refractivity contribution in [1.82, 2.24) is 5.32 Å². The van der Waals surface area contributed by atoms with E-state index in [0.29, 0.717) is 18.3 Å².